The van der Waals surface area contributed by atoms with Crippen LogP contribution in [0.5, 0.6) is 0 Å². The molecule has 0 fully saturated rings. The van der Waals surface area contributed by atoms with E-state index in [-0.39, 0.29) is 18.7 Å². The monoisotopic (exact) mass is 462 g/mol. The maximum atomic E-state index is 13.5. The molecule has 0 radical (unpaired) electrons. The van der Waals surface area contributed by atoms with Crippen LogP contribution in [0.1, 0.15) is 39.7 Å². The lowest BCUT2D eigenvalue weighted by Gasteiger charge is -2.33. The van der Waals surface area contributed by atoms with Gasteiger partial charge in [-0.3, -0.25) is 19.2 Å². The third kappa shape index (κ3) is 9.21. The second kappa shape index (κ2) is 12.3. The van der Waals surface area contributed by atoms with E-state index in [9.17, 15) is 19.2 Å². The van der Waals surface area contributed by atoms with Gasteiger partial charge in [0.15, 0.2) is 0 Å². The Morgan fingerprint density at radius 1 is 1.00 bits per heavy atom. The van der Waals surface area contributed by atoms with Gasteiger partial charge in [0.25, 0.3) is 0 Å². The summed E-state index contributed by atoms with van der Waals surface area (Å²) in [6, 6.07) is 6.77. The molecule has 3 atom stereocenters. The van der Waals surface area contributed by atoms with Crippen molar-refractivity contribution in [1.29, 1.82) is 0 Å². The van der Waals surface area contributed by atoms with Crippen LogP contribution in [0.3, 0.4) is 0 Å². The molecule has 1 rings (SSSR count). The topological polar surface area (TPSA) is 108 Å². The molecule has 3 amide bonds. The summed E-state index contributed by atoms with van der Waals surface area (Å²) in [6.45, 7) is 6.88. The SMILES string of the molecule is CN[C@@H](C)C(=O)N[C@@H](Cc1ccccc1)C(=O)N(C)[C@@H](CC(=O)OC(C)(C)C)C(=O)N(C)C. The molecule has 0 saturated heterocycles. The number of benzene rings is 1. The van der Waals surface area contributed by atoms with Crippen LogP contribution in [-0.4, -0.2) is 85.4 Å². The van der Waals surface area contributed by atoms with E-state index in [0.29, 0.717) is 0 Å². The smallest absolute Gasteiger partial charge is 0.308 e. The van der Waals surface area contributed by atoms with Crippen molar-refractivity contribution in [3.63, 3.8) is 0 Å². The van der Waals surface area contributed by atoms with Crippen LogP contribution in [0, 0.1) is 0 Å². The molecule has 9 heteroatoms. The number of hydrogen-bond donors (Lipinski definition) is 2. The van der Waals surface area contributed by atoms with Crippen LogP contribution >= 0.6 is 0 Å². The zero-order valence-corrected chi connectivity index (χ0v) is 21.0. The van der Waals surface area contributed by atoms with Gasteiger partial charge in [0, 0.05) is 27.6 Å². The molecule has 0 unspecified atom stereocenters. The number of rotatable bonds is 10. The van der Waals surface area contributed by atoms with Crippen LogP contribution in [0.4, 0.5) is 0 Å². The molecule has 0 aliphatic carbocycles. The number of likely N-dealkylation sites (N-methyl/N-ethyl adjacent to an activating group) is 3. The highest BCUT2D eigenvalue weighted by Crippen LogP contribution is 2.15. The number of esters is 1. The number of hydrogen-bond acceptors (Lipinski definition) is 6. The molecule has 0 spiro atoms. The molecule has 1 aromatic rings. The highest BCUT2D eigenvalue weighted by molar-refractivity contribution is 5.94. The molecule has 0 aliphatic rings. The maximum Gasteiger partial charge on any atom is 0.308 e. The summed E-state index contributed by atoms with van der Waals surface area (Å²) >= 11 is 0. The van der Waals surface area contributed by atoms with E-state index < -0.39 is 41.5 Å². The van der Waals surface area contributed by atoms with Crippen LogP contribution in [0.15, 0.2) is 30.3 Å². The van der Waals surface area contributed by atoms with E-state index in [0.717, 1.165) is 5.56 Å². The number of ether oxygens (including phenoxy) is 1. The molecule has 0 saturated carbocycles. The first-order chi connectivity index (χ1) is 15.3. The average Bonchev–Trinajstić information content (AvgIpc) is 2.74. The Morgan fingerprint density at radius 3 is 2.06 bits per heavy atom. The van der Waals surface area contributed by atoms with Gasteiger partial charge in [0.2, 0.25) is 17.7 Å². The molecular formula is C24H38N4O5. The first-order valence-corrected chi connectivity index (χ1v) is 11.0. The fourth-order valence-corrected chi connectivity index (χ4v) is 3.11. The summed E-state index contributed by atoms with van der Waals surface area (Å²) in [5, 5.41) is 5.62. The summed E-state index contributed by atoms with van der Waals surface area (Å²) in [5.74, 6) is -1.82. The van der Waals surface area contributed by atoms with Gasteiger partial charge in [-0.1, -0.05) is 30.3 Å². The molecule has 33 heavy (non-hydrogen) atoms. The average molecular weight is 463 g/mol. The molecule has 0 bridgehead atoms. The van der Waals surface area contributed by atoms with Crippen molar-refractivity contribution < 1.29 is 23.9 Å². The minimum absolute atomic E-state index is 0.238. The summed E-state index contributed by atoms with van der Waals surface area (Å²) in [7, 11) is 6.22. The normalized spacial score (nSPS) is 13.9. The number of carbonyl (C=O) groups is 4. The Balaban J connectivity index is 3.20. The summed E-state index contributed by atoms with van der Waals surface area (Å²) < 4.78 is 5.37. The standard InChI is InChI=1S/C24H38N4O5/c1-16(25-5)21(30)26-18(14-17-12-10-9-11-13-17)22(31)28(8)19(23(32)27(6)7)15-20(29)33-24(2,3)4/h9-13,16,18-19,25H,14-15H2,1-8H3,(H,26,30)/t16-,18-,19-/m0/s1. The second-order valence-corrected chi connectivity index (χ2v) is 9.25. The van der Waals surface area contributed by atoms with Crippen LogP contribution in [0.25, 0.3) is 0 Å². The van der Waals surface area contributed by atoms with Crippen LogP contribution in [0.2, 0.25) is 0 Å². The van der Waals surface area contributed by atoms with Gasteiger partial charge in [0.05, 0.1) is 12.5 Å². The molecule has 9 nitrogen and oxygen atoms in total. The molecule has 0 aliphatic heterocycles. The van der Waals surface area contributed by atoms with E-state index in [4.69, 9.17) is 4.74 Å². The number of amides is 3. The van der Waals surface area contributed by atoms with Gasteiger partial charge in [-0.05, 0) is 40.3 Å². The van der Waals surface area contributed by atoms with Gasteiger partial charge < -0.3 is 25.2 Å². The lowest BCUT2D eigenvalue weighted by atomic mass is 10.0. The van der Waals surface area contributed by atoms with E-state index in [1.807, 2.05) is 30.3 Å². The highest BCUT2D eigenvalue weighted by atomic mass is 16.6. The third-order valence-corrected chi connectivity index (χ3v) is 5.04. The molecular weight excluding hydrogens is 424 g/mol. The highest BCUT2D eigenvalue weighted by Gasteiger charge is 2.36. The van der Waals surface area contributed by atoms with Crippen molar-refractivity contribution in [2.75, 3.05) is 28.2 Å². The Labute approximate surface area is 196 Å². The zero-order valence-electron chi connectivity index (χ0n) is 21.0. The van der Waals surface area contributed by atoms with Gasteiger partial charge in [-0.25, -0.2) is 0 Å². The zero-order chi connectivity index (χ0) is 25.3. The maximum absolute atomic E-state index is 13.5. The van der Waals surface area contributed by atoms with Gasteiger partial charge in [-0.15, -0.1) is 0 Å². The molecule has 1 aromatic carbocycles. The van der Waals surface area contributed by atoms with E-state index in [2.05, 4.69) is 10.6 Å². The molecule has 0 heterocycles. The van der Waals surface area contributed by atoms with Gasteiger partial charge in [-0.2, -0.15) is 0 Å². The molecule has 0 aromatic heterocycles. The van der Waals surface area contributed by atoms with E-state index >= 15 is 0 Å². The van der Waals surface area contributed by atoms with E-state index in [1.54, 1.807) is 48.8 Å². The first-order valence-electron chi connectivity index (χ1n) is 11.0. The van der Waals surface area contributed by atoms with Crippen molar-refractivity contribution in [2.24, 2.45) is 0 Å². The fourth-order valence-electron chi connectivity index (χ4n) is 3.11. The molecule has 184 valence electrons. The largest absolute Gasteiger partial charge is 0.460 e. The van der Waals surface area contributed by atoms with Crippen molar-refractivity contribution in [2.45, 2.75) is 64.3 Å². The summed E-state index contributed by atoms with van der Waals surface area (Å²) in [5.41, 5.74) is 0.127. The predicted molar refractivity (Wildman–Crippen MR) is 126 cm³/mol. The van der Waals surface area contributed by atoms with E-state index in [1.165, 1.54) is 16.8 Å². The predicted octanol–water partition coefficient (Wildman–Crippen LogP) is 0.969. The third-order valence-electron chi connectivity index (χ3n) is 5.04. The minimum atomic E-state index is -1.07. The Hall–Kier alpha value is -2.94. The van der Waals surface area contributed by atoms with Crippen molar-refractivity contribution in [1.82, 2.24) is 20.4 Å². The number of nitrogens with one attached hydrogen (secondary N) is 2. The number of carbonyl (C=O) groups excluding carboxylic acids is 4. The summed E-state index contributed by atoms with van der Waals surface area (Å²) in [6.07, 6.45) is -0.0586. The molecule has 2 N–H and O–H groups in total. The van der Waals surface area contributed by atoms with Crippen LogP contribution < -0.4 is 10.6 Å². The summed E-state index contributed by atoms with van der Waals surface area (Å²) in [4.78, 5) is 54.0. The quantitative estimate of drug-likeness (QED) is 0.502. The van der Waals surface area contributed by atoms with Crippen molar-refractivity contribution in [3.8, 4) is 0 Å². The Bertz CT molecular complexity index is 820. The first kappa shape index (κ1) is 28.1. The minimum Gasteiger partial charge on any atom is -0.460 e. The number of nitrogens with zero attached hydrogens (tertiary/aromatic N) is 2. The lowest BCUT2D eigenvalue weighted by Crippen LogP contribution is -2.57. The second-order valence-electron chi connectivity index (χ2n) is 9.25. The lowest BCUT2D eigenvalue weighted by molar-refractivity contribution is -0.160. The van der Waals surface area contributed by atoms with Crippen LogP contribution in [-0.2, 0) is 30.3 Å². The fraction of sp³-hybridized carbons (Fsp3) is 0.583. The Kier molecular flexibility index (Phi) is 10.5. The van der Waals surface area contributed by atoms with Crippen molar-refractivity contribution >= 4 is 23.7 Å². The Morgan fingerprint density at radius 2 is 1.58 bits per heavy atom. The van der Waals surface area contributed by atoms with Gasteiger partial charge >= 0.3 is 5.97 Å². The van der Waals surface area contributed by atoms with Gasteiger partial charge in [0.1, 0.15) is 17.7 Å². The van der Waals surface area contributed by atoms with Crippen molar-refractivity contribution in [3.05, 3.63) is 35.9 Å².